The molecule has 0 radical (unpaired) electrons. The SMILES string of the molecule is Cc1ccc(NC(=O)[C@@H](N)Cc2ccc(O)cc2)cc1O. The van der Waals surface area contributed by atoms with Gasteiger partial charge >= 0.3 is 0 Å². The van der Waals surface area contributed by atoms with E-state index in [2.05, 4.69) is 5.32 Å². The molecular weight excluding hydrogens is 268 g/mol. The highest BCUT2D eigenvalue weighted by Gasteiger charge is 2.14. The summed E-state index contributed by atoms with van der Waals surface area (Å²) in [7, 11) is 0. The Labute approximate surface area is 123 Å². The van der Waals surface area contributed by atoms with Crippen LogP contribution in [0, 0.1) is 6.92 Å². The quantitative estimate of drug-likeness (QED) is 0.690. The van der Waals surface area contributed by atoms with E-state index in [9.17, 15) is 15.0 Å². The van der Waals surface area contributed by atoms with Crippen LogP contribution in [0.4, 0.5) is 5.69 Å². The van der Waals surface area contributed by atoms with Crippen molar-refractivity contribution >= 4 is 11.6 Å². The summed E-state index contributed by atoms with van der Waals surface area (Å²) in [5.74, 6) is -0.0295. The van der Waals surface area contributed by atoms with Crippen LogP contribution >= 0.6 is 0 Å². The molecule has 0 aliphatic heterocycles. The molecule has 0 aliphatic carbocycles. The average molecular weight is 286 g/mol. The minimum atomic E-state index is -0.710. The Morgan fingerprint density at radius 2 is 1.86 bits per heavy atom. The summed E-state index contributed by atoms with van der Waals surface area (Å²) < 4.78 is 0. The molecular formula is C16H18N2O3. The minimum Gasteiger partial charge on any atom is -0.508 e. The molecule has 0 saturated carbocycles. The van der Waals surface area contributed by atoms with Crippen LogP contribution in [0.1, 0.15) is 11.1 Å². The van der Waals surface area contributed by atoms with Crippen molar-refractivity contribution in [1.29, 1.82) is 0 Å². The number of aryl methyl sites for hydroxylation is 1. The van der Waals surface area contributed by atoms with Gasteiger partial charge in [0.15, 0.2) is 0 Å². The summed E-state index contributed by atoms with van der Waals surface area (Å²) in [6.45, 7) is 1.78. The number of phenolic OH excluding ortho intramolecular Hbond substituents is 2. The fourth-order valence-electron chi connectivity index (χ4n) is 1.90. The second kappa shape index (κ2) is 6.28. The van der Waals surface area contributed by atoms with Crippen LogP contribution in [0.2, 0.25) is 0 Å². The van der Waals surface area contributed by atoms with Crippen molar-refractivity contribution in [3.63, 3.8) is 0 Å². The van der Waals surface area contributed by atoms with Gasteiger partial charge in [0.05, 0.1) is 6.04 Å². The molecule has 2 aromatic carbocycles. The third kappa shape index (κ3) is 3.97. The van der Waals surface area contributed by atoms with Gasteiger partial charge in [-0.2, -0.15) is 0 Å². The van der Waals surface area contributed by atoms with Gasteiger partial charge in [0.2, 0.25) is 5.91 Å². The molecule has 2 aromatic rings. The minimum absolute atomic E-state index is 0.125. The van der Waals surface area contributed by atoms with Crippen molar-refractivity contribution in [1.82, 2.24) is 0 Å². The van der Waals surface area contributed by atoms with E-state index in [0.717, 1.165) is 11.1 Å². The van der Waals surface area contributed by atoms with E-state index >= 15 is 0 Å². The van der Waals surface area contributed by atoms with Gasteiger partial charge in [-0.1, -0.05) is 18.2 Å². The summed E-state index contributed by atoms with van der Waals surface area (Å²) in [5, 5.41) is 21.5. The van der Waals surface area contributed by atoms with Crippen molar-refractivity contribution in [2.24, 2.45) is 5.73 Å². The van der Waals surface area contributed by atoms with Crippen LogP contribution in [-0.2, 0) is 11.2 Å². The summed E-state index contributed by atoms with van der Waals surface area (Å²) in [5.41, 5.74) is 7.97. The van der Waals surface area contributed by atoms with Crippen LogP contribution in [0.15, 0.2) is 42.5 Å². The molecule has 0 aromatic heterocycles. The molecule has 0 saturated heterocycles. The number of rotatable bonds is 4. The molecule has 1 atom stereocenters. The van der Waals surface area contributed by atoms with E-state index in [1.165, 1.54) is 6.07 Å². The number of nitrogens with one attached hydrogen (secondary N) is 1. The number of benzene rings is 2. The average Bonchev–Trinajstić information content (AvgIpc) is 2.45. The van der Waals surface area contributed by atoms with Gasteiger partial charge in [-0.15, -0.1) is 0 Å². The lowest BCUT2D eigenvalue weighted by Crippen LogP contribution is -2.37. The van der Waals surface area contributed by atoms with Gasteiger partial charge in [-0.05, 0) is 42.7 Å². The number of carbonyl (C=O) groups is 1. The number of nitrogens with two attached hydrogens (primary N) is 1. The molecule has 21 heavy (non-hydrogen) atoms. The van der Waals surface area contributed by atoms with Crippen LogP contribution in [0.3, 0.4) is 0 Å². The topological polar surface area (TPSA) is 95.6 Å². The van der Waals surface area contributed by atoms with Gasteiger partial charge in [0.25, 0.3) is 0 Å². The number of hydrogen-bond acceptors (Lipinski definition) is 4. The molecule has 5 heteroatoms. The molecule has 2 rings (SSSR count). The van der Waals surface area contributed by atoms with Crippen molar-refractivity contribution in [3.05, 3.63) is 53.6 Å². The number of amides is 1. The van der Waals surface area contributed by atoms with Gasteiger partial charge < -0.3 is 21.3 Å². The van der Waals surface area contributed by atoms with Gasteiger partial charge in [0, 0.05) is 11.8 Å². The standard InChI is InChI=1S/C16H18N2O3/c1-10-2-5-12(9-15(10)20)18-16(21)14(17)8-11-3-6-13(19)7-4-11/h2-7,9,14,19-20H,8,17H2,1H3,(H,18,21)/t14-/m0/s1. The zero-order chi connectivity index (χ0) is 15.4. The fourth-order valence-corrected chi connectivity index (χ4v) is 1.90. The van der Waals surface area contributed by atoms with Crippen molar-refractivity contribution < 1.29 is 15.0 Å². The van der Waals surface area contributed by atoms with E-state index < -0.39 is 6.04 Å². The number of hydrogen-bond donors (Lipinski definition) is 4. The Hall–Kier alpha value is -2.53. The van der Waals surface area contributed by atoms with Crippen LogP contribution in [0.5, 0.6) is 11.5 Å². The molecule has 0 bridgehead atoms. The van der Waals surface area contributed by atoms with E-state index in [0.29, 0.717) is 12.1 Å². The van der Waals surface area contributed by atoms with Crippen molar-refractivity contribution in [3.8, 4) is 11.5 Å². The van der Waals surface area contributed by atoms with Crippen molar-refractivity contribution in [2.45, 2.75) is 19.4 Å². The molecule has 0 spiro atoms. The maximum absolute atomic E-state index is 12.0. The Balaban J connectivity index is 1.98. The highest BCUT2D eigenvalue weighted by Crippen LogP contribution is 2.21. The summed E-state index contributed by atoms with van der Waals surface area (Å²) in [6.07, 6.45) is 0.365. The first-order chi connectivity index (χ1) is 9.95. The van der Waals surface area contributed by atoms with Gasteiger partial charge in [-0.25, -0.2) is 0 Å². The van der Waals surface area contributed by atoms with E-state index in [4.69, 9.17) is 5.73 Å². The fraction of sp³-hybridized carbons (Fsp3) is 0.188. The van der Waals surface area contributed by atoms with Crippen LogP contribution < -0.4 is 11.1 Å². The summed E-state index contributed by atoms with van der Waals surface area (Å²) in [4.78, 5) is 12.0. The lowest BCUT2D eigenvalue weighted by molar-refractivity contribution is -0.117. The molecule has 5 N–H and O–H groups in total. The monoisotopic (exact) mass is 286 g/mol. The normalized spacial score (nSPS) is 11.9. The highest BCUT2D eigenvalue weighted by atomic mass is 16.3. The molecule has 0 unspecified atom stereocenters. The number of phenols is 2. The zero-order valence-corrected chi connectivity index (χ0v) is 11.7. The van der Waals surface area contributed by atoms with E-state index in [1.54, 1.807) is 43.3 Å². The number of carbonyl (C=O) groups excluding carboxylic acids is 1. The number of aromatic hydroxyl groups is 2. The highest BCUT2D eigenvalue weighted by molar-refractivity contribution is 5.95. The Morgan fingerprint density at radius 1 is 1.19 bits per heavy atom. The lowest BCUT2D eigenvalue weighted by Gasteiger charge is -2.13. The lowest BCUT2D eigenvalue weighted by atomic mass is 10.1. The Bertz CT molecular complexity index is 638. The molecule has 0 fully saturated rings. The maximum atomic E-state index is 12.0. The van der Waals surface area contributed by atoms with Gasteiger partial charge in [-0.3, -0.25) is 4.79 Å². The third-order valence-corrected chi connectivity index (χ3v) is 3.21. The molecule has 0 aliphatic rings. The summed E-state index contributed by atoms with van der Waals surface area (Å²) >= 11 is 0. The molecule has 0 heterocycles. The van der Waals surface area contributed by atoms with E-state index in [1.807, 2.05) is 0 Å². The third-order valence-electron chi connectivity index (χ3n) is 3.21. The summed E-state index contributed by atoms with van der Waals surface area (Å²) in [6, 6.07) is 10.8. The second-order valence-electron chi connectivity index (χ2n) is 4.97. The Kier molecular flexibility index (Phi) is 4.45. The first kappa shape index (κ1) is 14.9. The largest absolute Gasteiger partial charge is 0.508 e. The first-order valence-electron chi connectivity index (χ1n) is 6.59. The van der Waals surface area contributed by atoms with Crippen LogP contribution in [-0.4, -0.2) is 22.2 Å². The number of anilines is 1. The van der Waals surface area contributed by atoms with Gasteiger partial charge in [0.1, 0.15) is 11.5 Å². The van der Waals surface area contributed by atoms with E-state index in [-0.39, 0.29) is 17.4 Å². The maximum Gasteiger partial charge on any atom is 0.241 e. The molecule has 110 valence electrons. The predicted molar refractivity (Wildman–Crippen MR) is 81.3 cm³/mol. The first-order valence-corrected chi connectivity index (χ1v) is 6.59. The zero-order valence-electron chi connectivity index (χ0n) is 11.7. The Morgan fingerprint density at radius 3 is 2.48 bits per heavy atom. The molecule has 1 amide bonds. The van der Waals surface area contributed by atoms with Crippen LogP contribution in [0.25, 0.3) is 0 Å². The predicted octanol–water partition coefficient (Wildman–Crippen LogP) is 1.91. The smallest absolute Gasteiger partial charge is 0.241 e. The second-order valence-corrected chi connectivity index (χ2v) is 4.97. The molecule has 5 nitrogen and oxygen atoms in total. The van der Waals surface area contributed by atoms with Crippen molar-refractivity contribution in [2.75, 3.05) is 5.32 Å².